The zero-order chi connectivity index (χ0) is 15.7. The van der Waals surface area contributed by atoms with Crippen LogP contribution in [0.25, 0.3) is 10.9 Å². The van der Waals surface area contributed by atoms with Crippen molar-refractivity contribution in [3.05, 3.63) is 54.7 Å². The quantitative estimate of drug-likeness (QED) is 0.742. The van der Waals surface area contributed by atoms with Crippen LogP contribution < -0.4 is 9.47 Å². The minimum Gasteiger partial charge on any atom is -0.497 e. The van der Waals surface area contributed by atoms with Gasteiger partial charge in [0.05, 0.1) is 19.1 Å². The molecule has 0 aliphatic carbocycles. The van der Waals surface area contributed by atoms with E-state index in [-0.39, 0.29) is 4.90 Å². The van der Waals surface area contributed by atoms with E-state index in [1.165, 1.54) is 17.3 Å². The van der Waals surface area contributed by atoms with Crippen LogP contribution in [0.4, 0.5) is 0 Å². The number of nitrogens with zero attached hydrogens (tertiary/aromatic N) is 1. The van der Waals surface area contributed by atoms with Crippen LogP contribution in [0.5, 0.6) is 11.5 Å². The van der Waals surface area contributed by atoms with Crippen molar-refractivity contribution in [3.8, 4) is 11.5 Å². The molecule has 1 aromatic heterocycles. The van der Waals surface area contributed by atoms with Gasteiger partial charge in [-0.1, -0.05) is 18.2 Å². The summed E-state index contributed by atoms with van der Waals surface area (Å²) >= 11 is 0. The second-order valence-corrected chi connectivity index (χ2v) is 6.51. The normalized spacial score (nSPS) is 11.5. The second kappa shape index (κ2) is 5.38. The first kappa shape index (κ1) is 14.5. The summed E-state index contributed by atoms with van der Waals surface area (Å²) in [5.74, 6) is 1.05. The van der Waals surface area contributed by atoms with Gasteiger partial charge in [-0.05, 0) is 24.3 Å². The van der Waals surface area contributed by atoms with Crippen molar-refractivity contribution in [2.45, 2.75) is 4.90 Å². The Hall–Kier alpha value is -2.47. The van der Waals surface area contributed by atoms with Crippen LogP contribution in [0.1, 0.15) is 0 Å². The molecule has 0 aliphatic rings. The predicted molar refractivity (Wildman–Crippen MR) is 84.1 cm³/mol. The summed E-state index contributed by atoms with van der Waals surface area (Å²) in [5, 5.41) is 0.732. The number of hydrogen-bond donors (Lipinski definition) is 0. The molecule has 0 aliphatic heterocycles. The predicted octanol–water partition coefficient (Wildman–Crippen LogP) is 2.90. The molecule has 0 unspecified atom stereocenters. The zero-order valence-corrected chi connectivity index (χ0v) is 13.0. The lowest BCUT2D eigenvalue weighted by Gasteiger charge is -2.11. The average Bonchev–Trinajstić information content (AvgIpc) is 2.99. The smallest absolute Gasteiger partial charge is 0.268 e. The number of benzene rings is 2. The van der Waals surface area contributed by atoms with Gasteiger partial charge < -0.3 is 9.47 Å². The molecule has 2 aromatic carbocycles. The van der Waals surface area contributed by atoms with Crippen molar-refractivity contribution in [2.24, 2.45) is 0 Å². The largest absolute Gasteiger partial charge is 0.497 e. The van der Waals surface area contributed by atoms with Gasteiger partial charge in [0.2, 0.25) is 0 Å². The van der Waals surface area contributed by atoms with Gasteiger partial charge in [0.15, 0.2) is 0 Å². The lowest BCUT2D eigenvalue weighted by molar-refractivity contribution is 0.397. The molecule has 3 rings (SSSR count). The molecular weight excluding hydrogens is 302 g/mol. The second-order valence-electron chi connectivity index (χ2n) is 4.70. The maximum absolute atomic E-state index is 12.8. The van der Waals surface area contributed by atoms with E-state index in [4.69, 9.17) is 9.47 Å². The molecule has 0 saturated carbocycles. The highest BCUT2D eigenvalue weighted by Gasteiger charge is 2.21. The van der Waals surface area contributed by atoms with Gasteiger partial charge in [-0.15, -0.1) is 0 Å². The molecule has 0 spiro atoms. The van der Waals surface area contributed by atoms with E-state index in [0.717, 1.165) is 5.39 Å². The van der Waals surface area contributed by atoms with Gasteiger partial charge in [0.25, 0.3) is 10.0 Å². The number of methoxy groups -OCH3 is 2. The first-order valence-electron chi connectivity index (χ1n) is 6.61. The van der Waals surface area contributed by atoms with Crippen LogP contribution in [0.15, 0.2) is 59.6 Å². The van der Waals surface area contributed by atoms with E-state index in [2.05, 4.69) is 0 Å². The molecule has 0 saturated heterocycles. The van der Waals surface area contributed by atoms with E-state index in [1.807, 2.05) is 0 Å². The fraction of sp³-hybridized carbons (Fsp3) is 0.125. The first-order chi connectivity index (χ1) is 10.6. The monoisotopic (exact) mass is 317 g/mol. The van der Waals surface area contributed by atoms with E-state index in [1.54, 1.807) is 55.6 Å². The summed E-state index contributed by atoms with van der Waals surface area (Å²) in [6.45, 7) is 0. The summed E-state index contributed by atoms with van der Waals surface area (Å²) in [5.41, 5.74) is 0.493. The van der Waals surface area contributed by atoms with Gasteiger partial charge in [-0.2, -0.15) is 0 Å². The number of rotatable bonds is 4. The highest BCUT2D eigenvalue weighted by Crippen LogP contribution is 2.33. The number of aromatic nitrogens is 1. The fourth-order valence-corrected chi connectivity index (χ4v) is 3.75. The summed E-state index contributed by atoms with van der Waals surface area (Å²) in [6, 6.07) is 13.5. The van der Waals surface area contributed by atoms with Gasteiger partial charge >= 0.3 is 0 Å². The van der Waals surface area contributed by atoms with Crippen molar-refractivity contribution in [3.63, 3.8) is 0 Å². The molecule has 22 heavy (non-hydrogen) atoms. The van der Waals surface area contributed by atoms with Crippen LogP contribution in [0.2, 0.25) is 0 Å². The molecule has 1 heterocycles. The molecule has 0 bridgehead atoms. The van der Waals surface area contributed by atoms with E-state index >= 15 is 0 Å². The highest BCUT2D eigenvalue weighted by atomic mass is 32.2. The lowest BCUT2D eigenvalue weighted by atomic mass is 10.2. The first-order valence-corrected chi connectivity index (χ1v) is 8.05. The molecule has 0 radical (unpaired) electrons. The van der Waals surface area contributed by atoms with Crippen LogP contribution in [-0.4, -0.2) is 26.6 Å². The summed E-state index contributed by atoms with van der Waals surface area (Å²) < 4.78 is 37.4. The van der Waals surface area contributed by atoms with Crippen LogP contribution in [0.3, 0.4) is 0 Å². The van der Waals surface area contributed by atoms with E-state index in [0.29, 0.717) is 17.0 Å². The lowest BCUT2D eigenvalue weighted by Crippen LogP contribution is -2.12. The Morgan fingerprint density at radius 1 is 0.955 bits per heavy atom. The molecule has 5 nitrogen and oxygen atoms in total. The number of fused-ring (bicyclic) bond motifs is 1. The third-order valence-electron chi connectivity index (χ3n) is 3.44. The molecule has 114 valence electrons. The Labute approximate surface area is 128 Å². The third kappa shape index (κ3) is 2.21. The van der Waals surface area contributed by atoms with E-state index in [9.17, 15) is 8.42 Å². The molecule has 0 atom stereocenters. The molecule has 0 fully saturated rings. The number of ether oxygens (including phenoxy) is 2. The SMILES string of the molecule is COc1cc(OC)c2c(ccn2S(=O)(=O)c2ccccc2)c1. The Morgan fingerprint density at radius 2 is 1.68 bits per heavy atom. The van der Waals surface area contributed by atoms with Gasteiger partial charge in [0.1, 0.15) is 17.0 Å². The van der Waals surface area contributed by atoms with Crippen LogP contribution in [0, 0.1) is 0 Å². The Bertz CT molecular complexity index is 914. The summed E-state index contributed by atoms with van der Waals surface area (Å²) in [7, 11) is -0.624. The van der Waals surface area contributed by atoms with Crippen molar-refractivity contribution >= 4 is 20.9 Å². The molecule has 0 N–H and O–H groups in total. The summed E-state index contributed by atoms with van der Waals surface area (Å²) in [6.07, 6.45) is 1.52. The van der Waals surface area contributed by atoms with Crippen LogP contribution >= 0.6 is 0 Å². The van der Waals surface area contributed by atoms with Crippen molar-refractivity contribution < 1.29 is 17.9 Å². The average molecular weight is 317 g/mol. The van der Waals surface area contributed by atoms with Crippen LogP contribution in [-0.2, 0) is 10.0 Å². The minimum atomic E-state index is -3.68. The Kier molecular flexibility index (Phi) is 3.54. The van der Waals surface area contributed by atoms with Crippen molar-refractivity contribution in [1.82, 2.24) is 3.97 Å². The Balaban J connectivity index is 2.29. The Morgan fingerprint density at radius 3 is 2.32 bits per heavy atom. The summed E-state index contributed by atoms with van der Waals surface area (Å²) in [4.78, 5) is 0.227. The molecule has 3 aromatic rings. The molecule has 6 heteroatoms. The minimum absolute atomic E-state index is 0.227. The highest BCUT2D eigenvalue weighted by molar-refractivity contribution is 7.90. The topological polar surface area (TPSA) is 57.5 Å². The van der Waals surface area contributed by atoms with Gasteiger partial charge in [-0.25, -0.2) is 12.4 Å². The fourth-order valence-electron chi connectivity index (χ4n) is 2.37. The van der Waals surface area contributed by atoms with Gasteiger partial charge in [-0.3, -0.25) is 0 Å². The van der Waals surface area contributed by atoms with Crippen molar-refractivity contribution in [1.29, 1.82) is 0 Å². The maximum atomic E-state index is 12.8. The number of hydrogen-bond acceptors (Lipinski definition) is 4. The zero-order valence-electron chi connectivity index (χ0n) is 12.2. The van der Waals surface area contributed by atoms with Gasteiger partial charge in [0, 0.05) is 17.6 Å². The van der Waals surface area contributed by atoms with Crippen molar-refractivity contribution in [2.75, 3.05) is 14.2 Å². The molecule has 0 amide bonds. The van der Waals surface area contributed by atoms with E-state index < -0.39 is 10.0 Å². The maximum Gasteiger partial charge on any atom is 0.268 e. The third-order valence-corrected chi connectivity index (χ3v) is 5.13. The standard InChI is InChI=1S/C16H15NO4S/c1-20-13-10-12-8-9-17(16(12)15(11-13)21-2)22(18,19)14-6-4-3-5-7-14/h3-11H,1-2H3. The molecular formula is C16H15NO4S.